The largest absolute Gasteiger partial charge is 0.393 e. The van der Waals surface area contributed by atoms with Gasteiger partial charge in [-0.1, -0.05) is 32.0 Å². The maximum atomic E-state index is 10.6. The number of aromatic nitrogens is 2. The molecule has 0 aliphatic heterocycles. The Bertz CT molecular complexity index is 492. The van der Waals surface area contributed by atoms with Crippen LogP contribution in [-0.2, 0) is 0 Å². The number of aryl methyl sites for hydroxylation is 1. The topological polar surface area (TPSA) is 61.0 Å². The van der Waals surface area contributed by atoms with Gasteiger partial charge in [0.05, 0.1) is 22.5 Å². The molecule has 1 aromatic heterocycles. The van der Waals surface area contributed by atoms with Crippen molar-refractivity contribution in [3.8, 4) is 5.69 Å². The SMILES string of the molecule is CC.Cc1cn(-c2ccccc2)nc1[N+](=O)[O-]. The summed E-state index contributed by atoms with van der Waals surface area (Å²) in [5.74, 6) is -0.0983. The molecule has 5 nitrogen and oxygen atoms in total. The Morgan fingerprint density at radius 1 is 1.24 bits per heavy atom. The second kappa shape index (κ2) is 5.79. The number of hydrogen-bond donors (Lipinski definition) is 0. The van der Waals surface area contributed by atoms with Crippen LogP contribution in [-0.4, -0.2) is 14.7 Å². The fraction of sp³-hybridized carbons (Fsp3) is 0.250. The molecule has 0 saturated carbocycles. The van der Waals surface area contributed by atoms with Gasteiger partial charge in [0.1, 0.15) is 0 Å². The standard InChI is InChI=1S/C10H9N3O2.C2H6/c1-8-7-12(11-10(8)13(14)15)9-5-3-2-4-6-9;1-2/h2-7H,1H3;1-2H3. The van der Waals surface area contributed by atoms with Crippen molar-refractivity contribution >= 4 is 5.82 Å². The van der Waals surface area contributed by atoms with Crippen LogP contribution in [0.5, 0.6) is 0 Å². The summed E-state index contributed by atoms with van der Waals surface area (Å²) in [4.78, 5) is 10.1. The zero-order valence-corrected chi connectivity index (χ0v) is 10.1. The van der Waals surface area contributed by atoms with E-state index in [9.17, 15) is 10.1 Å². The summed E-state index contributed by atoms with van der Waals surface area (Å²) in [7, 11) is 0. The molecule has 0 spiro atoms. The second-order valence-corrected chi connectivity index (χ2v) is 3.17. The van der Waals surface area contributed by atoms with E-state index in [1.54, 1.807) is 13.1 Å². The Labute approximate surface area is 99.8 Å². The van der Waals surface area contributed by atoms with Crippen LogP contribution in [0.3, 0.4) is 0 Å². The molecule has 0 fully saturated rings. The van der Waals surface area contributed by atoms with E-state index in [4.69, 9.17) is 0 Å². The summed E-state index contributed by atoms with van der Waals surface area (Å²) in [5, 5.41) is 14.5. The lowest BCUT2D eigenvalue weighted by Crippen LogP contribution is -1.96. The van der Waals surface area contributed by atoms with Crippen LogP contribution in [0, 0.1) is 17.0 Å². The van der Waals surface area contributed by atoms with Crippen LogP contribution in [0.15, 0.2) is 36.5 Å². The normalized spacial score (nSPS) is 9.35. The van der Waals surface area contributed by atoms with E-state index < -0.39 is 4.92 Å². The van der Waals surface area contributed by atoms with E-state index in [0.717, 1.165) is 5.69 Å². The van der Waals surface area contributed by atoms with Crippen molar-refractivity contribution in [2.24, 2.45) is 0 Å². The van der Waals surface area contributed by atoms with Gasteiger partial charge in [0.2, 0.25) is 0 Å². The van der Waals surface area contributed by atoms with Gasteiger partial charge >= 0.3 is 5.82 Å². The third-order valence-corrected chi connectivity index (χ3v) is 2.06. The highest BCUT2D eigenvalue weighted by molar-refractivity contribution is 5.36. The van der Waals surface area contributed by atoms with Crippen LogP contribution >= 0.6 is 0 Å². The Balaban J connectivity index is 0.000000686. The summed E-state index contributed by atoms with van der Waals surface area (Å²) in [5.41, 5.74) is 1.37. The molecule has 0 radical (unpaired) electrons. The van der Waals surface area contributed by atoms with Crippen molar-refractivity contribution in [2.45, 2.75) is 20.8 Å². The minimum atomic E-state index is -0.477. The van der Waals surface area contributed by atoms with E-state index in [1.807, 2.05) is 44.2 Å². The maximum Gasteiger partial charge on any atom is 0.393 e. The molecule has 0 bridgehead atoms. The predicted molar refractivity (Wildman–Crippen MR) is 66.3 cm³/mol. The molecule has 2 aromatic rings. The molecule has 1 aromatic carbocycles. The van der Waals surface area contributed by atoms with Gasteiger partial charge in [0.25, 0.3) is 0 Å². The average Bonchev–Trinajstić information content (AvgIpc) is 2.75. The number of hydrogen-bond acceptors (Lipinski definition) is 3. The Hall–Kier alpha value is -2.17. The van der Waals surface area contributed by atoms with Crippen molar-refractivity contribution in [1.82, 2.24) is 9.78 Å². The summed E-state index contributed by atoms with van der Waals surface area (Å²) >= 11 is 0. The van der Waals surface area contributed by atoms with E-state index >= 15 is 0 Å². The van der Waals surface area contributed by atoms with E-state index in [2.05, 4.69) is 5.10 Å². The fourth-order valence-electron chi connectivity index (χ4n) is 1.34. The Morgan fingerprint density at radius 2 is 1.82 bits per heavy atom. The first kappa shape index (κ1) is 12.9. The molecule has 1 heterocycles. The lowest BCUT2D eigenvalue weighted by atomic mass is 10.3. The molecule has 0 aliphatic carbocycles. The lowest BCUT2D eigenvalue weighted by Gasteiger charge is -1.93. The molecule has 0 atom stereocenters. The van der Waals surface area contributed by atoms with Crippen molar-refractivity contribution in [3.63, 3.8) is 0 Å². The first-order valence-electron chi connectivity index (χ1n) is 5.44. The number of nitrogens with zero attached hydrogens (tertiary/aromatic N) is 3. The molecule has 0 aliphatic rings. The minimum absolute atomic E-state index is 0.0983. The highest BCUT2D eigenvalue weighted by atomic mass is 16.6. The number of para-hydroxylation sites is 1. The monoisotopic (exact) mass is 233 g/mol. The highest BCUT2D eigenvalue weighted by Gasteiger charge is 2.17. The molecule has 2 rings (SSSR count). The summed E-state index contributed by atoms with van der Waals surface area (Å²) < 4.78 is 1.51. The second-order valence-electron chi connectivity index (χ2n) is 3.17. The summed E-state index contributed by atoms with van der Waals surface area (Å²) in [6.45, 7) is 5.67. The molecular formula is C12H15N3O2. The predicted octanol–water partition coefficient (Wildman–Crippen LogP) is 3.12. The third kappa shape index (κ3) is 2.90. The van der Waals surface area contributed by atoms with Gasteiger partial charge in [0, 0.05) is 0 Å². The van der Waals surface area contributed by atoms with E-state index in [0.29, 0.717) is 5.56 Å². The maximum absolute atomic E-state index is 10.6. The summed E-state index contributed by atoms with van der Waals surface area (Å²) in [6, 6.07) is 9.29. The van der Waals surface area contributed by atoms with Crippen LogP contribution in [0.25, 0.3) is 5.69 Å². The average molecular weight is 233 g/mol. The third-order valence-electron chi connectivity index (χ3n) is 2.06. The fourth-order valence-corrected chi connectivity index (χ4v) is 1.34. The van der Waals surface area contributed by atoms with Gasteiger partial charge < -0.3 is 10.1 Å². The number of rotatable bonds is 2. The molecular weight excluding hydrogens is 218 g/mol. The lowest BCUT2D eigenvalue weighted by molar-refractivity contribution is -0.390. The van der Waals surface area contributed by atoms with Gasteiger partial charge in [-0.3, -0.25) is 0 Å². The minimum Gasteiger partial charge on any atom is -0.358 e. The van der Waals surface area contributed by atoms with Crippen molar-refractivity contribution in [2.75, 3.05) is 0 Å². The zero-order valence-electron chi connectivity index (χ0n) is 10.1. The van der Waals surface area contributed by atoms with Crippen molar-refractivity contribution in [3.05, 3.63) is 52.2 Å². The Morgan fingerprint density at radius 3 is 2.29 bits per heavy atom. The van der Waals surface area contributed by atoms with Gasteiger partial charge in [-0.05, 0) is 24.0 Å². The van der Waals surface area contributed by atoms with Crippen LogP contribution < -0.4 is 0 Å². The van der Waals surface area contributed by atoms with Gasteiger partial charge in [0.15, 0.2) is 0 Å². The molecule has 0 unspecified atom stereocenters. The van der Waals surface area contributed by atoms with Crippen molar-refractivity contribution < 1.29 is 4.92 Å². The zero-order chi connectivity index (χ0) is 12.8. The van der Waals surface area contributed by atoms with Crippen LogP contribution in [0.2, 0.25) is 0 Å². The van der Waals surface area contributed by atoms with E-state index in [1.165, 1.54) is 4.68 Å². The Kier molecular flexibility index (Phi) is 4.39. The van der Waals surface area contributed by atoms with Crippen LogP contribution in [0.1, 0.15) is 19.4 Å². The molecule has 0 N–H and O–H groups in total. The highest BCUT2D eigenvalue weighted by Crippen LogP contribution is 2.17. The first-order valence-corrected chi connectivity index (χ1v) is 5.44. The van der Waals surface area contributed by atoms with Crippen molar-refractivity contribution in [1.29, 1.82) is 0 Å². The van der Waals surface area contributed by atoms with Gasteiger partial charge in [-0.2, -0.15) is 0 Å². The number of benzene rings is 1. The van der Waals surface area contributed by atoms with Crippen LogP contribution in [0.4, 0.5) is 5.82 Å². The molecule has 0 amide bonds. The summed E-state index contributed by atoms with van der Waals surface area (Å²) in [6.07, 6.45) is 1.65. The van der Waals surface area contributed by atoms with Gasteiger partial charge in [-0.25, -0.2) is 0 Å². The number of nitro groups is 1. The van der Waals surface area contributed by atoms with E-state index in [-0.39, 0.29) is 5.82 Å². The quantitative estimate of drug-likeness (QED) is 0.591. The molecule has 5 heteroatoms. The molecule has 90 valence electrons. The first-order chi connectivity index (χ1) is 8.18. The molecule has 17 heavy (non-hydrogen) atoms. The molecule has 0 saturated heterocycles. The smallest absolute Gasteiger partial charge is 0.358 e. The van der Waals surface area contributed by atoms with Gasteiger partial charge in [-0.15, -0.1) is 4.68 Å².